The number of nitrogens with zero attached hydrogens (tertiary/aromatic N) is 1. The van der Waals surface area contributed by atoms with E-state index < -0.39 is 0 Å². The molecule has 0 fully saturated rings. The summed E-state index contributed by atoms with van der Waals surface area (Å²) in [7, 11) is 1.69. The minimum atomic E-state index is 0.672. The van der Waals surface area contributed by atoms with E-state index in [2.05, 4.69) is 48.6 Å². The number of rotatable bonds is 8. The van der Waals surface area contributed by atoms with E-state index in [9.17, 15) is 0 Å². The minimum Gasteiger partial charge on any atom is -0.383 e. The monoisotopic (exact) mass is 288 g/mol. The predicted octanol–water partition coefficient (Wildman–Crippen LogP) is 3.28. The van der Waals surface area contributed by atoms with Crippen LogP contribution >= 0.6 is 0 Å². The summed E-state index contributed by atoms with van der Waals surface area (Å²) in [4.78, 5) is 0. The molecule has 1 aromatic carbocycles. The molecule has 4 heteroatoms. The predicted molar refractivity (Wildman–Crippen MR) is 84.1 cm³/mol. The van der Waals surface area contributed by atoms with E-state index in [0.717, 1.165) is 30.0 Å². The molecule has 1 heterocycles. The maximum atomic E-state index is 5.41. The van der Waals surface area contributed by atoms with Gasteiger partial charge in [-0.25, -0.2) is 0 Å². The van der Waals surface area contributed by atoms with Crippen molar-refractivity contribution in [3.05, 3.63) is 41.6 Å². The first-order valence-electron chi connectivity index (χ1n) is 7.43. The second-order valence-electron chi connectivity index (χ2n) is 5.65. The summed E-state index contributed by atoms with van der Waals surface area (Å²) in [6.07, 6.45) is 1.10. The third kappa shape index (κ3) is 4.99. The molecule has 0 atom stereocenters. The zero-order chi connectivity index (χ0) is 15.1. The molecular weight excluding hydrogens is 264 g/mol. The fourth-order valence-corrected chi connectivity index (χ4v) is 2.20. The topological polar surface area (TPSA) is 47.3 Å². The van der Waals surface area contributed by atoms with Gasteiger partial charge in [0.25, 0.3) is 0 Å². The lowest BCUT2D eigenvalue weighted by Gasteiger charge is -2.04. The Balaban J connectivity index is 1.94. The molecular formula is C17H24N2O2. The van der Waals surface area contributed by atoms with Crippen LogP contribution in [-0.2, 0) is 17.7 Å². The quantitative estimate of drug-likeness (QED) is 0.757. The van der Waals surface area contributed by atoms with Crippen LogP contribution < -0.4 is 5.32 Å². The van der Waals surface area contributed by atoms with Crippen molar-refractivity contribution in [2.45, 2.75) is 26.8 Å². The van der Waals surface area contributed by atoms with Crippen LogP contribution in [-0.4, -0.2) is 25.4 Å². The first kappa shape index (κ1) is 15.7. The summed E-state index contributed by atoms with van der Waals surface area (Å²) >= 11 is 0. The standard InChI is InChI=1S/C17H24N2O2/c1-13(2)10-14-4-6-15(7-5-14)17-11-16(19-21-17)12-18-8-9-20-3/h4-7,11,13,18H,8-10,12H2,1-3H3. The largest absolute Gasteiger partial charge is 0.383 e. The highest BCUT2D eigenvalue weighted by molar-refractivity contribution is 5.57. The molecule has 0 saturated carbocycles. The van der Waals surface area contributed by atoms with Crippen molar-refractivity contribution in [2.75, 3.05) is 20.3 Å². The van der Waals surface area contributed by atoms with E-state index in [0.29, 0.717) is 19.1 Å². The molecule has 0 saturated heterocycles. The van der Waals surface area contributed by atoms with E-state index in [4.69, 9.17) is 9.26 Å². The van der Waals surface area contributed by atoms with Crippen molar-refractivity contribution in [3.8, 4) is 11.3 Å². The smallest absolute Gasteiger partial charge is 0.167 e. The van der Waals surface area contributed by atoms with Crippen LogP contribution in [0.15, 0.2) is 34.9 Å². The van der Waals surface area contributed by atoms with Crippen molar-refractivity contribution in [3.63, 3.8) is 0 Å². The van der Waals surface area contributed by atoms with Gasteiger partial charge in [-0.05, 0) is 17.9 Å². The fourth-order valence-electron chi connectivity index (χ4n) is 2.20. The maximum absolute atomic E-state index is 5.41. The highest BCUT2D eigenvalue weighted by Gasteiger charge is 2.07. The van der Waals surface area contributed by atoms with Gasteiger partial charge in [-0.2, -0.15) is 0 Å². The van der Waals surface area contributed by atoms with Crippen LogP contribution in [0.25, 0.3) is 11.3 Å². The first-order chi connectivity index (χ1) is 10.2. The van der Waals surface area contributed by atoms with Gasteiger partial charge in [0.1, 0.15) is 0 Å². The van der Waals surface area contributed by atoms with Crippen LogP contribution in [0.3, 0.4) is 0 Å². The summed E-state index contributed by atoms with van der Waals surface area (Å²) in [6, 6.07) is 10.5. The number of hydrogen-bond acceptors (Lipinski definition) is 4. The van der Waals surface area contributed by atoms with Crippen LogP contribution in [0, 0.1) is 5.92 Å². The summed E-state index contributed by atoms with van der Waals surface area (Å²) in [5, 5.41) is 7.33. The molecule has 0 radical (unpaired) electrons. The fraction of sp³-hybridized carbons (Fsp3) is 0.471. The average molecular weight is 288 g/mol. The Bertz CT molecular complexity index is 532. The Kier molecular flexibility index (Phi) is 5.96. The van der Waals surface area contributed by atoms with Gasteiger partial charge in [0.05, 0.1) is 12.3 Å². The number of ether oxygens (including phenoxy) is 1. The van der Waals surface area contributed by atoms with Gasteiger partial charge in [0.2, 0.25) is 0 Å². The summed E-state index contributed by atoms with van der Waals surface area (Å²) in [6.45, 7) is 6.66. The van der Waals surface area contributed by atoms with Crippen molar-refractivity contribution < 1.29 is 9.26 Å². The molecule has 21 heavy (non-hydrogen) atoms. The van der Waals surface area contributed by atoms with E-state index >= 15 is 0 Å². The number of benzene rings is 1. The van der Waals surface area contributed by atoms with Crippen molar-refractivity contribution >= 4 is 0 Å². The second kappa shape index (κ2) is 7.96. The molecule has 0 unspecified atom stereocenters. The molecule has 0 aliphatic carbocycles. The van der Waals surface area contributed by atoms with Crippen LogP contribution in [0.5, 0.6) is 0 Å². The van der Waals surface area contributed by atoms with Crippen molar-refractivity contribution in [1.29, 1.82) is 0 Å². The summed E-state index contributed by atoms with van der Waals surface area (Å²) in [5.41, 5.74) is 3.33. The number of methoxy groups -OCH3 is 1. The molecule has 0 aliphatic rings. The van der Waals surface area contributed by atoms with Crippen LogP contribution in [0.1, 0.15) is 25.1 Å². The Hall–Kier alpha value is -1.65. The van der Waals surface area contributed by atoms with E-state index in [1.54, 1.807) is 7.11 Å². The Morgan fingerprint density at radius 1 is 1.24 bits per heavy atom. The average Bonchev–Trinajstić information content (AvgIpc) is 2.93. The third-order valence-corrected chi connectivity index (χ3v) is 3.23. The van der Waals surface area contributed by atoms with Crippen molar-refractivity contribution in [2.24, 2.45) is 5.92 Å². The lowest BCUT2D eigenvalue weighted by molar-refractivity contribution is 0.199. The molecule has 0 bridgehead atoms. The molecule has 2 rings (SSSR count). The SMILES string of the molecule is COCCNCc1cc(-c2ccc(CC(C)C)cc2)on1. The Morgan fingerprint density at radius 3 is 2.67 bits per heavy atom. The lowest BCUT2D eigenvalue weighted by atomic mass is 10.0. The maximum Gasteiger partial charge on any atom is 0.167 e. The molecule has 0 spiro atoms. The normalized spacial score (nSPS) is 11.2. The number of nitrogens with one attached hydrogen (secondary N) is 1. The van der Waals surface area contributed by atoms with E-state index in [-0.39, 0.29) is 0 Å². The first-order valence-corrected chi connectivity index (χ1v) is 7.43. The van der Waals surface area contributed by atoms with Gasteiger partial charge < -0.3 is 14.6 Å². The zero-order valence-corrected chi connectivity index (χ0v) is 13.1. The molecule has 1 aromatic heterocycles. The molecule has 0 amide bonds. The number of aromatic nitrogens is 1. The van der Waals surface area contributed by atoms with E-state index in [1.165, 1.54) is 5.56 Å². The highest BCUT2D eigenvalue weighted by atomic mass is 16.5. The van der Waals surface area contributed by atoms with Gasteiger partial charge in [0.15, 0.2) is 5.76 Å². The van der Waals surface area contributed by atoms with Gasteiger partial charge in [-0.1, -0.05) is 43.3 Å². The van der Waals surface area contributed by atoms with Gasteiger partial charge >= 0.3 is 0 Å². The third-order valence-electron chi connectivity index (χ3n) is 3.23. The van der Waals surface area contributed by atoms with Gasteiger partial charge in [-0.3, -0.25) is 0 Å². The molecule has 2 aromatic rings. The zero-order valence-electron chi connectivity index (χ0n) is 13.1. The Morgan fingerprint density at radius 2 is 2.00 bits per heavy atom. The van der Waals surface area contributed by atoms with Crippen LogP contribution in [0.4, 0.5) is 0 Å². The number of hydrogen-bond donors (Lipinski definition) is 1. The van der Waals surface area contributed by atoms with Crippen LogP contribution in [0.2, 0.25) is 0 Å². The second-order valence-corrected chi connectivity index (χ2v) is 5.65. The lowest BCUT2D eigenvalue weighted by Crippen LogP contribution is -2.18. The molecule has 114 valence electrons. The van der Waals surface area contributed by atoms with Gasteiger partial charge in [-0.15, -0.1) is 0 Å². The molecule has 0 aliphatic heterocycles. The molecule has 1 N–H and O–H groups in total. The van der Waals surface area contributed by atoms with E-state index in [1.807, 2.05) is 6.07 Å². The van der Waals surface area contributed by atoms with Crippen molar-refractivity contribution in [1.82, 2.24) is 10.5 Å². The van der Waals surface area contributed by atoms with Gasteiger partial charge in [0, 0.05) is 31.8 Å². The summed E-state index contributed by atoms with van der Waals surface area (Å²) in [5.74, 6) is 1.49. The minimum absolute atomic E-state index is 0.672. The molecule has 4 nitrogen and oxygen atoms in total. The Labute approximate surface area is 126 Å². The highest BCUT2D eigenvalue weighted by Crippen LogP contribution is 2.21. The summed E-state index contributed by atoms with van der Waals surface area (Å²) < 4.78 is 10.4.